The average Bonchev–Trinajstić information content (AvgIpc) is 0.754. The average molecular weight is 1540 g/mol. The summed E-state index contributed by atoms with van der Waals surface area (Å²) in [6.07, 6.45) is -15.6. The van der Waals surface area contributed by atoms with E-state index in [2.05, 4.69) is 36.6 Å². The molecule has 0 aromatic rings. The van der Waals surface area contributed by atoms with Gasteiger partial charge in [-0.25, -0.2) is 4.79 Å². The van der Waals surface area contributed by atoms with Crippen LogP contribution in [0, 0.1) is 5.92 Å². The van der Waals surface area contributed by atoms with E-state index in [-0.39, 0.29) is 12.3 Å². The molecular formula is C74H130N2O31. The van der Waals surface area contributed by atoms with Crippen molar-refractivity contribution in [2.24, 2.45) is 5.92 Å². The molecule has 5 rings (SSSR count). The maximum Gasteiger partial charge on any atom is 0.364 e. The Morgan fingerprint density at radius 3 is 1.52 bits per heavy atom. The first-order valence-electron chi connectivity index (χ1n) is 39.0. The Bertz CT molecular complexity index is 2540. The van der Waals surface area contributed by atoms with Crippen molar-refractivity contribution in [1.29, 1.82) is 0 Å². The Morgan fingerprint density at radius 1 is 0.514 bits per heavy atom. The summed E-state index contributed by atoms with van der Waals surface area (Å²) in [5, 5.41) is 195. The number of allylic oxidation sites excluding steroid dienone is 3. The van der Waals surface area contributed by atoms with E-state index in [4.69, 9.17) is 47.4 Å². The molecule has 0 aromatic heterocycles. The van der Waals surface area contributed by atoms with E-state index >= 15 is 0 Å². The highest BCUT2D eigenvalue weighted by atomic mass is 16.8. The van der Waals surface area contributed by atoms with Crippen LogP contribution in [0.2, 0.25) is 0 Å². The van der Waals surface area contributed by atoms with E-state index in [1.54, 1.807) is 0 Å². The number of carbonyl (C=O) groups excluding carboxylic acids is 3. The highest BCUT2D eigenvalue weighted by Crippen LogP contribution is 2.42. The number of carboxylic acid groups (broad SMARTS) is 1. The Labute approximate surface area is 627 Å². The second-order valence-corrected chi connectivity index (χ2v) is 29.3. The number of hydrogen-bond acceptors (Lipinski definition) is 30. The molecule has 33 nitrogen and oxygen atoms in total. The summed E-state index contributed by atoms with van der Waals surface area (Å²) in [5.41, 5.74) is 0. The fourth-order valence-electron chi connectivity index (χ4n) is 14.3. The summed E-state index contributed by atoms with van der Waals surface area (Å²) >= 11 is 0. The van der Waals surface area contributed by atoms with Crippen LogP contribution < -0.4 is 10.6 Å². The lowest BCUT2D eigenvalue weighted by Crippen LogP contribution is -2.71. The maximum absolute atomic E-state index is 13.8. The fraction of sp³-hybridized carbons (Fsp3) is 0.892. The number of rotatable bonds is 52. The third kappa shape index (κ3) is 29.1. The van der Waals surface area contributed by atoms with Crippen LogP contribution in [0.15, 0.2) is 24.3 Å². The number of amides is 2. The van der Waals surface area contributed by atoms with Crippen molar-refractivity contribution >= 4 is 23.6 Å². The molecule has 5 aliphatic heterocycles. The molecule has 0 aliphatic carbocycles. The molecule has 5 saturated heterocycles. The third-order valence-corrected chi connectivity index (χ3v) is 20.5. The highest BCUT2D eigenvalue weighted by Gasteiger charge is 2.62. The fourth-order valence-corrected chi connectivity index (χ4v) is 14.3. The van der Waals surface area contributed by atoms with Crippen LogP contribution in [0.1, 0.15) is 207 Å². The van der Waals surface area contributed by atoms with Crippen LogP contribution >= 0.6 is 0 Å². The molecule has 28 atom stereocenters. The first kappa shape index (κ1) is 94.1. The van der Waals surface area contributed by atoms with Crippen molar-refractivity contribution < 1.29 is 153 Å². The number of unbranched alkanes of at least 4 members (excludes halogenated alkanes) is 22. The first-order valence-corrected chi connectivity index (χ1v) is 39.0. The summed E-state index contributed by atoms with van der Waals surface area (Å²) in [6.45, 7) is 0.483. The molecule has 5 heterocycles. The Hall–Kier alpha value is -3.48. The van der Waals surface area contributed by atoms with Gasteiger partial charge in [0.1, 0.15) is 110 Å². The smallest absolute Gasteiger partial charge is 0.364 e. The van der Waals surface area contributed by atoms with E-state index in [1.165, 1.54) is 76.7 Å². The zero-order valence-corrected chi connectivity index (χ0v) is 62.8. The predicted octanol–water partition coefficient (Wildman–Crippen LogP) is -0.176. The number of ether oxygens (including phenoxy) is 10. The quantitative estimate of drug-likeness (QED) is 0.0277. The minimum absolute atomic E-state index is 0.128. The van der Waals surface area contributed by atoms with Crippen LogP contribution in [0.25, 0.3) is 0 Å². The van der Waals surface area contributed by atoms with Crippen molar-refractivity contribution in [1.82, 2.24) is 10.6 Å². The van der Waals surface area contributed by atoms with Gasteiger partial charge in [0.25, 0.3) is 5.79 Å². The standard InChI is InChI=1S/C74H130N2O31/c1-5-7-9-11-13-15-17-19-20-22-24-26-28-30-32-34-54(87)76-46(47(84)33-31-29-27-25-23-21-18-16-14-12-10-8-6-2)42-98-70-62(94)60(92)65(52(40-80)101-70)104-72-63(95)68(107-74(73(96)97)36-48(85)55(75-44(4)83)67(106-74)56(88)49(86)37-77)66(53(41-81)102-72)105-69-45(35-43(3)82)64(58(90)51(39-79)99-69)103-71-61(93)59(91)57(89)50(38-78)100-71/h15,17,31,33,45-53,55-72,77-81,84-86,88-95H,5-14,16,18-30,32,34-42H2,1-4H3,(H,75,83)(H,76,87)(H,96,97). The van der Waals surface area contributed by atoms with Gasteiger partial charge in [-0.1, -0.05) is 154 Å². The van der Waals surface area contributed by atoms with E-state index in [0.717, 1.165) is 90.9 Å². The van der Waals surface area contributed by atoms with Crippen molar-refractivity contribution in [3.8, 4) is 0 Å². The molecule has 0 bridgehead atoms. The summed E-state index contributed by atoms with van der Waals surface area (Å²) in [4.78, 5) is 53.1. The van der Waals surface area contributed by atoms with E-state index in [1.807, 2.05) is 6.08 Å². The minimum atomic E-state index is -3.37. The second-order valence-electron chi connectivity index (χ2n) is 29.3. The van der Waals surface area contributed by atoms with Gasteiger partial charge in [0.2, 0.25) is 11.8 Å². The lowest BCUT2D eigenvalue weighted by Gasteiger charge is -2.52. The van der Waals surface area contributed by atoms with Crippen LogP contribution in [0.5, 0.6) is 0 Å². The molecule has 0 spiro atoms. The van der Waals surface area contributed by atoms with Gasteiger partial charge in [-0.3, -0.25) is 9.59 Å². The summed E-state index contributed by atoms with van der Waals surface area (Å²) < 4.78 is 60.3. The molecule has 5 aliphatic rings. The van der Waals surface area contributed by atoms with Gasteiger partial charge in [0, 0.05) is 32.1 Å². The van der Waals surface area contributed by atoms with E-state index in [9.17, 15) is 106 Å². The van der Waals surface area contributed by atoms with Gasteiger partial charge in [0.15, 0.2) is 25.2 Å². The van der Waals surface area contributed by atoms with Crippen LogP contribution in [0.3, 0.4) is 0 Å². The molecule has 2 amide bonds. The Morgan fingerprint density at radius 2 is 0.981 bits per heavy atom. The maximum atomic E-state index is 13.8. The number of aliphatic hydroxyl groups is 16. The lowest BCUT2D eigenvalue weighted by atomic mass is 9.86. The number of Topliss-reactive ketones (excluding diaryl/α,β-unsaturated/α-hetero) is 1. The molecule has 0 aromatic carbocycles. The van der Waals surface area contributed by atoms with Crippen molar-refractivity contribution in [2.75, 3.05) is 39.6 Å². The normalized spacial score (nSPS) is 34.7. The zero-order chi connectivity index (χ0) is 78.8. The molecule has 107 heavy (non-hydrogen) atoms. The number of carboxylic acids is 1. The van der Waals surface area contributed by atoms with Crippen LogP contribution in [0.4, 0.5) is 0 Å². The van der Waals surface area contributed by atoms with Crippen molar-refractivity contribution in [2.45, 2.75) is 373 Å². The summed E-state index contributed by atoms with van der Waals surface area (Å²) in [6, 6.07) is -2.90. The van der Waals surface area contributed by atoms with Gasteiger partial charge in [0.05, 0.1) is 70.0 Å². The monoisotopic (exact) mass is 1540 g/mol. The van der Waals surface area contributed by atoms with Crippen LogP contribution in [-0.4, -0.2) is 315 Å². The summed E-state index contributed by atoms with van der Waals surface area (Å²) in [7, 11) is 0. The molecule has 33 heteroatoms. The minimum Gasteiger partial charge on any atom is -0.477 e. The Balaban J connectivity index is 1.40. The van der Waals surface area contributed by atoms with E-state index in [0.29, 0.717) is 12.8 Å². The van der Waals surface area contributed by atoms with Gasteiger partial charge >= 0.3 is 5.97 Å². The first-order chi connectivity index (χ1) is 51.3. The van der Waals surface area contributed by atoms with Crippen LogP contribution in [-0.2, 0) is 66.5 Å². The zero-order valence-electron chi connectivity index (χ0n) is 62.8. The highest BCUT2D eigenvalue weighted by molar-refractivity contribution is 5.77. The van der Waals surface area contributed by atoms with E-state index < -0.39 is 241 Å². The number of carbonyl (C=O) groups is 4. The van der Waals surface area contributed by atoms with Crippen molar-refractivity contribution in [3.05, 3.63) is 24.3 Å². The van der Waals surface area contributed by atoms with Gasteiger partial charge in [-0.2, -0.15) is 0 Å². The molecule has 0 saturated carbocycles. The van der Waals surface area contributed by atoms with Gasteiger partial charge in [-0.05, 0) is 51.9 Å². The number of aliphatic carboxylic acids is 1. The summed E-state index contributed by atoms with van der Waals surface area (Å²) in [5.74, 6) is -9.09. The molecule has 28 unspecified atom stereocenters. The topological polar surface area (TPSA) is 529 Å². The SMILES string of the molecule is CCCCCCC=CCCCCCCCCCC(=O)NC(COC1OC(CO)C(OC2OC(CO)C(OC3OC(CO)C(O)C(OC4OC(CO)C(O)C(O)C4O)C3CC(C)=O)C(OC3(C(=O)O)CC(O)C(NC(C)=O)C(C(O)C(O)CO)O3)C2O)C(O)C1O)C(O)C=CCCCCCCCCCCCCC. The molecule has 19 N–H and O–H groups in total. The molecule has 5 fully saturated rings. The molecule has 0 radical (unpaired) electrons. The van der Waals surface area contributed by atoms with Gasteiger partial charge < -0.3 is 150 Å². The number of nitrogens with one attached hydrogen (secondary N) is 2. The molecular weight excluding hydrogens is 1410 g/mol. The van der Waals surface area contributed by atoms with Crippen molar-refractivity contribution in [3.63, 3.8) is 0 Å². The third-order valence-electron chi connectivity index (χ3n) is 20.5. The number of hydrogen-bond donors (Lipinski definition) is 19. The molecule has 622 valence electrons. The largest absolute Gasteiger partial charge is 0.477 e. The second kappa shape index (κ2) is 49.9. The predicted molar refractivity (Wildman–Crippen MR) is 379 cm³/mol. The Kier molecular flexibility index (Phi) is 43.9. The number of ketones is 1. The lowest BCUT2D eigenvalue weighted by molar-refractivity contribution is -0.406. The number of aliphatic hydroxyl groups excluding tert-OH is 16. The van der Waals surface area contributed by atoms with Gasteiger partial charge in [-0.15, -0.1) is 0 Å².